The van der Waals surface area contributed by atoms with Crippen molar-refractivity contribution in [3.05, 3.63) is 29.8 Å². The largest absolute Gasteiger partial charge is 0.392 e. The van der Waals surface area contributed by atoms with Crippen LogP contribution < -0.4 is 4.90 Å². The fourth-order valence-corrected chi connectivity index (χ4v) is 3.04. The molecule has 1 unspecified atom stereocenters. The first-order valence-corrected chi connectivity index (χ1v) is 6.53. The zero-order chi connectivity index (χ0) is 12.5. The molecule has 2 aliphatic heterocycles. The van der Waals surface area contributed by atoms with Crippen LogP contribution in [0.3, 0.4) is 0 Å². The maximum absolute atomic E-state index is 11.6. The molecular formula is C14H18N2O2. The summed E-state index contributed by atoms with van der Waals surface area (Å²) in [6.07, 6.45) is 1.66. The first kappa shape index (κ1) is 11.5. The molecule has 0 radical (unpaired) electrons. The summed E-state index contributed by atoms with van der Waals surface area (Å²) in [6.45, 7) is 2.63. The summed E-state index contributed by atoms with van der Waals surface area (Å²) in [7, 11) is 0. The van der Waals surface area contributed by atoms with Crippen LogP contribution in [0.15, 0.2) is 24.3 Å². The summed E-state index contributed by atoms with van der Waals surface area (Å²) in [5.41, 5.74) is 2.08. The van der Waals surface area contributed by atoms with E-state index >= 15 is 0 Å². The Hall–Kier alpha value is -1.55. The Balaban J connectivity index is 1.80. The van der Waals surface area contributed by atoms with Crippen LogP contribution in [0, 0.1) is 0 Å². The summed E-state index contributed by atoms with van der Waals surface area (Å²) in [5, 5.41) is 9.39. The molecule has 0 aromatic heterocycles. The minimum Gasteiger partial charge on any atom is -0.392 e. The molecule has 96 valence electrons. The van der Waals surface area contributed by atoms with Crippen molar-refractivity contribution < 1.29 is 9.90 Å². The van der Waals surface area contributed by atoms with Crippen LogP contribution in [-0.2, 0) is 11.4 Å². The van der Waals surface area contributed by atoms with Crippen molar-refractivity contribution in [3.63, 3.8) is 0 Å². The number of benzene rings is 1. The number of aliphatic hydroxyl groups is 1. The normalized spacial score (nSPS) is 23.4. The van der Waals surface area contributed by atoms with Gasteiger partial charge in [-0.1, -0.05) is 18.2 Å². The number of hydrogen-bond acceptors (Lipinski definition) is 3. The van der Waals surface area contributed by atoms with Crippen LogP contribution in [0.4, 0.5) is 5.69 Å². The summed E-state index contributed by atoms with van der Waals surface area (Å²) in [6, 6.07) is 8.32. The summed E-state index contributed by atoms with van der Waals surface area (Å²) in [5.74, 6) is 0.301. The molecule has 3 rings (SSSR count). The monoisotopic (exact) mass is 246 g/mol. The highest BCUT2D eigenvalue weighted by molar-refractivity contribution is 5.79. The molecule has 0 aliphatic carbocycles. The van der Waals surface area contributed by atoms with Gasteiger partial charge in [0.1, 0.15) is 0 Å². The van der Waals surface area contributed by atoms with E-state index in [0.717, 1.165) is 37.3 Å². The molecule has 1 aromatic carbocycles. The van der Waals surface area contributed by atoms with E-state index in [2.05, 4.69) is 11.0 Å². The van der Waals surface area contributed by atoms with Crippen molar-refractivity contribution >= 4 is 11.6 Å². The number of amides is 1. The third-order valence-electron chi connectivity index (χ3n) is 4.00. The van der Waals surface area contributed by atoms with Gasteiger partial charge in [0.05, 0.1) is 6.61 Å². The molecule has 1 atom stereocenters. The van der Waals surface area contributed by atoms with Gasteiger partial charge in [0.25, 0.3) is 0 Å². The molecule has 4 nitrogen and oxygen atoms in total. The van der Waals surface area contributed by atoms with Gasteiger partial charge in [-0.05, 0) is 12.5 Å². The third-order valence-corrected chi connectivity index (χ3v) is 4.00. The van der Waals surface area contributed by atoms with Gasteiger partial charge in [-0.3, -0.25) is 4.79 Å². The predicted octanol–water partition coefficient (Wildman–Crippen LogP) is 0.990. The molecule has 2 saturated heterocycles. The Bertz CT molecular complexity index is 461. The Kier molecular flexibility index (Phi) is 2.96. The van der Waals surface area contributed by atoms with E-state index in [1.165, 1.54) is 0 Å². The van der Waals surface area contributed by atoms with E-state index in [1.807, 2.05) is 23.1 Å². The van der Waals surface area contributed by atoms with E-state index in [9.17, 15) is 9.90 Å². The standard InChI is InChI=1S/C14H18N2O2/c17-10-11-3-1-2-4-13(11)15-7-8-16-12(9-15)5-6-14(16)18/h1-4,12,17H,5-10H2. The Morgan fingerprint density at radius 3 is 2.94 bits per heavy atom. The molecule has 18 heavy (non-hydrogen) atoms. The van der Waals surface area contributed by atoms with Crippen LogP contribution in [0.25, 0.3) is 0 Å². The molecule has 2 heterocycles. The van der Waals surface area contributed by atoms with Crippen molar-refractivity contribution in [1.82, 2.24) is 4.90 Å². The lowest BCUT2D eigenvalue weighted by Gasteiger charge is -2.39. The second-order valence-corrected chi connectivity index (χ2v) is 5.01. The molecule has 0 saturated carbocycles. The minimum atomic E-state index is 0.0694. The van der Waals surface area contributed by atoms with Crippen molar-refractivity contribution in [3.8, 4) is 0 Å². The van der Waals surface area contributed by atoms with E-state index < -0.39 is 0 Å². The molecule has 2 fully saturated rings. The number of nitrogens with zero attached hydrogens (tertiary/aromatic N) is 2. The second kappa shape index (κ2) is 4.61. The van der Waals surface area contributed by atoms with Crippen LogP contribution in [0.2, 0.25) is 0 Å². The lowest BCUT2D eigenvalue weighted by Crippen LogP contribution is -2.51. The fraction of sp³-hybridized carbons (Fsp3) is 0.500. The number of carbonyl (C=O) groups is 1. The van der Waals surface area contributed by atoms with Crippen molar-refractivity contribution in [2.45, 2.75) is 25.5 Å². The van der Waals surface area contributed by atoms with Crippen molar-refractivity contribution in [1.29, 1.82) is 0 Å². The van der Waals surface area contributed by atoms with Crippen LogP contribution in [0.5, 0.6) is 0 Å². The summed E-state index contributed by atoms with van der Waals surface area (Å²) < 4.78 is 0. The summed E-state index contributed by atoms with van der Waals surface area (Å²) in [4.78, 5) is 16.0. The smallest absolute Gasteiger partial charge is 0.223 e. The second-order valence-electron chi connectivity index (χ2n) is 5.01. The zero-order valence-electron chi connectivity index (χ0n) is 10.4. The number of anilines is 1. The van der Waals surface area contributed by atoms with Gasteiger partial charge < -0.3 is 14.9 Å². The van der Waals surface area contributed by atoms with E-state index in [4.69, 9.17) is 0 Å². The molecule has 1 N–H and O–H groups in total. The average molecular weight is 246 g/mol. The molecule has 1 amide bonds. The van der Waals surface area contributed by atoms with Gasteiger partial charge in [-0.25, -0.2) is 0 Å². The van der Waals surface area contributed by atoms with Crippen LogP contribution >= 0.6 is 0 Å². The first-order chi connectivity index (χ1) is 8.79. The Labute approximate surface area is 107 Å². The number of carbonyl (C=O) groups excluding carboxylic acids is 1. The van der Waals surface area contributed by atoms with E-state index in [0.29, 0.717) is 18.4 Å². The van der Waals surface area contributed by atoms with Crippen LogP contribution in [-0.4, -0.2) is 41.6 Å². The van der Waals surface area contributed by atoms with Gasteiger partial charge in [-0.2, -0.15) is 0 Å². The lowest BCUT2D eigenvalue weighted by atomic mass is 10.1. The average Bonchev–Trinajstić information content (AvgIpc) is 2.80. The zero-order valence-corrected chi connectivity index (χ0v) is 10.4. The molecular weight excluding hydrogens is 228 g/mol. The molecule has 4 heteroatoms. The quantitative estimate of drug-likeness (QED) is 0.846. The molecule has 2 aliphatic rings. The SMILES string of the molecule is O=C1CCC2CN(c3ccccc3CO)CCN12. The highest BCUT2D eigenvalue weighted by Gasteiger charge is 2.35. The van der Waals surface area contributed by atoms with Gasteiger partial charge in [0.2, 0.25) is 5.91 Å². The number of piperazine rings is 1. The maximum atomic E-state index is 11.6. The van der Waals surface area contributed by atoms with Gasteiger partial charge in [-0.15, -0.1) is 0 Å². The predicted molar refractivity (Wildman–Crippen MR) is 69.3 cm³/mol. The van der Waals surface area contributed by atoms with Crippen LogP contribution in [0.1, 0.15) is 18.4 Å². The van der Waals surface area contributed by atoms with Gasteiger partial charge in [0, 0.05) is 43.3 Å². The lowest BCUT2D eigenvalue weighted by molar-refractivity contribution is -0.129. The van der Waals surface area contributed by atoms with Crippen molar-refractivity contribution in [2.75, 3.05) is 24.5 Å². The number of hydrogen-bond donors (Lipinski definition) is 1. The van der Waals surface area contributed by atoms with Gasteiger partial charge in [0.15, 0.2) is 0 Å². The highest BCUT2D eigenvalue weighted by Crippen LogP contribution is 2.28. The molecule has 1 aromatic rings. The number of rotatable bonds is 2. The van der Waals surface area contributed by atoms with E-state index in [1.54, 1.807) is 0 Å². The Morgan fingerprint density at radius 2 is 2.11 bits per heavy atom. The number of para-hydroxylation sites is 1. The first-order valence-electron chi connectivity index (χ1n) is 6.53. The third kappa shape index (κ3) is 1.86. The Morgan fingerprint density at radius 1 is 1.28 bits per heavy atom. The molecule has 0 bridgehead atoms. The maximum Gasteiger partial charge on any atom is 0.223 e. The molecule has 0 spiro atoms. The number of aliphatic hydroxyl groups excluding tert-OH is 1. The summed E-state index contributed by atoms with van der Waals surface area (Å²) >= 11 is 0. The highest BCUT2D eigenvalue weighted by atomic mass is 16.3. The number of fused-ring (bicyclic) bond motifs is 1. The van der Waals surface area contributed by atoms with Crippen molar-refractivity contribution in [2.24, 2.45) is 0 Å². The minimum absolute atomic E-state index is 0.0694. The fourth-order valence-electron chi connectivity index (χ4n) is 3.04. The topological polar surface area (TPSA) is 43.8 Å². The van der Waals surface area contributed by atoms with Gasteiger partial charge >= 0.3 is 0 Å². The van der Waals surface area contributed by atoms with E-state index in [-0.39, 0.29) is 6.61 Å².